The van der Waals surface area contributed by atoms with Gasteiger partial charge in [0, 0.05) is 5.39 Å². The van der Waals surface area contributed by atoms with Crippen molar-refractivity contribution in [3.63, 3.8) is 0 Å². The standard InChI is InChI=1S/C26H34F2O/c1-3-17-5-7-18(8-6-17)19-9-11-20(12-10-19)21-13-14-22-16-24(29-4-2)26(28)25(27)23(22)15-21/h13-20H,3-12H2,1-2H3. The average Bonchev–Trinajstić information content (AvgIpc) is 2.77. The van der Waals surface area contributed by atoms with E-state index >= 15 is 0 Å². The van der Waals surface area contributed by atoms with Crippen LogP contribution in [0, 0.1) is 29.4 Å². The molecular formula is C26H34F2O. The lowest BCUT2D eigenvalue weighted by molar-refractivity contribution is 0.158. The van der Waals surface area contributed by atoms with Gasteiger partial charge in [-0.3, -0.25) is 0 Å². The second-order valence-electron chi connectivity index (χ2n) is 9.22. The van der Waals surface area contributed by atoms with Crippen LogP contribution < -0.4 is 4.74 Å². The van der Waals surface area contributed by atoms with Crippen molar-refractivity contribution in [2.45, 2.75) is 77.6 Å². The van der Waals surface area contributed by atoms with E-state index in [1.54, 1.807) is 13.0 Å². The minimum Gasteiger partial charge on any atom is -0.491 e. The van der Waals surface area contributed by atoms with Gasteiger partial charge in [0.1, 0.15) is 0 Å². The molecule has 0 unspecified atom stereocenters. The summed E-state index contributed by atoms with van der Waals surface area (Å²) in [6, 6.07) is 7.52. The molecule has 2 aromatic rings. The Morgan fingerprint density at radius 3 is 2.10 bits per heavy atom. The van der Waals surface area contributed by atoms with E-state index in [1.165, 1.54) is 57.8 Å². The third-order valence-electron chi connectivity index (χ3n) is 7.69. The molecule has 0 saturated heterocycles. The molecule has 0 heterocycles. The third kappa shape index (κ3) is 4.29. The smallest absolute Gasteiger partial charge is 0.201 e. The topological polar surface area (TPSA) is 9.23 Å². The van der Waals surface area contributed by atoms with Crippen LogP contribution in [0.1, 0.15) is 83.1 Å². The Hall–Kier alpha value is -1.64. The minimum atomic E-state index is -0.872. The maximum absolute atomic E-state index is 14.6. The van der Waals surface area contributed by atoms with Crippen molar-refractivity contribution in [1.29, 1.82) is 0 Å². The van der Waals surface area contributed by atoms with Crippen molar-refractivity contribution in [2.24, 2.45) is 17.8 Å². The number of benzene rings is 2. The fourth-order valence-electron chi connectivity index (χ4n) is 5.83. The SMILES string of the molecule is CCOc1cc2ccc(C3CCC(C4CCC(CC)CC4)CC3)cc2c(F)c1F. The summed E-state index contributed by atoms with van der Waals surface area (Å²) >= 11 is 0. The van der Waals surface area contributed by atoms with Crippen molar-refractivity contribution in [2.75, 3.05) is 6.61 Å². The largest absolute Gasteiger partial charge is 0.491 e. The van der Waals surface area contributed by atoms with E-state index < -0.39 is 11.6 Å². The predicted molar refractivity (Wildman–Crippen MR) is 115 cm³/mol. The van der Waals surface area contributed by atoms with Gasteiger partial charge in [-0.25, -0.2) is 4.39 Å². The maximum Gasteiger partial charge on any atom is 0.201 e. The predicted octanol–water partition coefficient (Wildman–Crippen LogP) is 8.01. The summed E-state index contributed by atoms with van der Waals surface area (Å²) in [5.41, 5.74) is 1.16. The van der Waals surface area contributed by atoms with Crippen molar-refractivity contribution in [3.8, 4) is 5.75 Å². The summed E-state index contributed by atoms with van der Waals surface area (Å²) in [6.07, 6.45) is 11.9. The quantitative estimate of drug-likeness (QED) is 0.494. The van der Waals surface area contributed by atoms with Crippen LogP contribution in [0.5, 0.6) is 5.75 Å². The van der Waals surface area contributed by atoms with Gasteiger partial charge in [-0.2, -0.15) is 4.39 Å². The highest BCUT2D eigenvalue weighted by Gasteiger charge is 2.31. The van der Waals surface area contributed by atoms with Gasteiger partial charge in [0.15, 0.2) is 11.6 Å². The Morgan fingerprint density at radius 1 is 0.828 bits per heavy atom. The molecule has 0 radical (unpaired) electrons. The normalized spacial score (nSPS) is 27.9. The van der Waals surface area contributed by atoms with Crippen LogP contribution in [0.2, 0.25) is 0 Å². The highest BCUT2D eigenvalue weighted by Crippen LogP contribution is 2.44. The lowest BCUT2D eigenvalue weighted by Crippen LogP contribution is -2.25. The summed E-state index contributed by atoms with van der Waals surface area (Å²) in [6.45, 7) is 4.42. The van der Waals surface area contributed by atoms with Crippen molar-refractivity contribution in [1.82, 2.24) is 0 Å². The van der Waals surface area contributed by atoms with Gasteiger partial charge in [-0.05, 0) is 92.2 Å². The number of ether oxygens (including phenoxy) is 1. The molecule has 3 heteroatoms. The molecule has 1 nitrogen and oxygen atoms in total. The van der Waals surface area contributed by atoms with Crippen LogP contribution in [0.15, 0.2) is 24.3 Å². The first-order valence-electron chi connectivity index (χ1n) is 11.6. The molecule has 0 bridgehead atoms. The molecule has 2 fully saturated rings. The molecule has 2 aliphatic carbocycles. The van der Waals surface area contributed by atoms with Crippen LogP contribution in [0.3, 0.4) is 0 Å². The summed E-state index contributed by atoms with van der Waals surface area (Å²) in [5.74, 6) is 1.56. The number of rotatable bonds is 5. The molecule has 0 aliphatic heterocycles. The maximum atomic E-state index is 14.6. The lowest BCUT2D eigenvalue weighted by atomic mass is 9.68. The zero-order valence-corrected chi connectivity index (χ0v) is 17.9. The van der Waals surface area contributed by atoms with Crippen LogP contribution in [-0.2, 0) is 0 Å². The van der Waals surface area contributed by atoms with Crippen LogP contribution in [0.4, 0.5) is 8.78 Å². The number of hydrogen-bond acceptors (Lipinski definition) is 1. The summed E-state index contributed by atoms with van der Waals surface area (Å²) < 4.78 is 34.2. The first-order chi connectivity index (χ1) is 14.1. The van der Waals surface area contributed by atoms with Crippen LogP contribution >= 0.6 is 0 Å². The second kappa shape index (κ2) is 9.02. The molecule has 2 saturated carbocycles. The van der Waals surface area contributed by atoms with Gasteiger partial charge in [0.05, 0.1) is 6.61 Å². The zero-order valence-electron chi connectivity index (χ0n) is 17.9. The van der Waals surface area contributed by atoms with Gasteiger partial charge in [-0.1, -0.05) is 38.3 Å². The molecule has 0 spiro atoms. The monoisotopic (exact) mass is 400 g/mol. The van der Waals surface area contributed by atoms with E-state index in [-0.39, 0.29) is 5.75 Å². The van der Waals surface area contributed by atoms with E-state index in [0.29, 0.717) is 23.3 Å². The molecule has 158 valence electrons. The number of halogens is 2. The lowest BCUT2D eigenvalue weighted by Gasteiger charge is -2.38. The van der Waals surface area contributed by atoms with Crippen molar-refractivity contribution in [3.05, 3.63) is 41.5 Å². The fraction of sp³-hybridized carbons (Fsp3) is 0.615. The molecule has 29 heavy (non-hydrogen) atoms. The first kappa shape index (κ1) is 20.6. The zero-order chi connectivity index (χ0) is 20.4. The molecule has 0 amide bonds. The van der Waals surface area contributed by atoms with Gasteiger partial charge < -0.3 is 4.74 Å². The molecule has 0 N–H and O–H groups in total. The molecule has 2 aliphatic rings. The van der Waals surface area contributed by atoms with E-state index in [2.05, 4.69) is 13.0 Å². The first-order valence-corrected chi connectivity index (χ1v) is 11.6. The Balaban J connectivity index is 1.44. The van der Waals surface area contributed by atoms with Crippen molar-refractivity contribution >= 4 is 10.8 Å². The number of hydrogen-bond donors (Lipinski definition) is 0. The van der Waals surface area contributed by atoms with Crippen LogP contribution in [0.25, 0.3) is 10.8 Å². The Morgan fingerprint density at radius 2 is 1.48 bits per heavy atom. The highest BCUT2D eigenvalue weighted by atomic mass is 19.2. The highest BCUT2D eigenvalue weighted by molar-refractivity contribution is 5.85. The van der Waals surface area contributed by atoms with E-state index in [9.17, 15) is 8.78 Å². The second-order valence-corrected chi connectivity index (χ2v) is 9.22. The number of fused-ring (bicyclic) bond motifs is 1. The van der Waals surface area contributed by atoms with E-state index in [1.807, 2.05) is 12.1 Å². The fourth-order valence-corrected chi connectivity index (χ4v) is 5.83. The minimum absolute atomic E-state index is 0.00329. The summed E-state index contributed by atoms with van der Waals surface area (Å²) in [4.78, 5) is 0. The molecule has 0 atom stereocenters. The molecule has 0 aromatic heterocycles. The van der Waals surface area contributed by atoms with E-state index in [0.717, 1.165) is 23.3 Å². The molecular weight excluding hydrogens is 366 g/mol. The summed E-state index contributed by atoms with van der Waals surface area (Å²) in [5, 5.41) is 1.08. The van der Waals surface area contributed by atoms with E-state index in [4.69, 9.17) is 4.74 Å². The Bertz CT molecular complexity index is 830. The van der Waals surface area contributed by atoms with Gasteiger partial charge in [-0.15, -0.1) is 0 Å². The Labute approximate surface area is 173 Å². The Kier molecular flexibility index (Phi) is 6.41. The average molecular weight is 401 g/mol. The summed E-state index contributed by atoms with van der Waals surface area (Å²) in [7, 11) is 0. The molecule has 4 rings (SSSR count). The van der Waals surface area contributed by atoms with Crippen LogP contribution in [-0.4, -0.2) is 6.61 Å². The van der Waals surface area contributed by atoms with Crippen molar-refractivity contribution < 1.29 is 13.5 Å². The van der Waals surface area contributed by atoms with Gasteiger partial charge in [0.2, 0.25) is 5.82 Å². The van der Waals surface area contributed by atoms with Gasteiger partial charge in [0.25, 0.3) is 0 Å². The third-order valence-corrected chi connectivity index (χ3v) is 7.69. The molecule has 2 aromatic carbocycles. The van der Waals surface area contributed by atoms with Gasteiger partial charge >= 0.3 is 0 Å².